The summed E-state index contributed by atoms with van der Waals surface area (Å²) in [6.07, 6.45) is 1.53. The highest BCUT2D eigenvalue weighted by molar-refractivity contribution is 6.31. The summed E-state index contributed by atoms with van der Waals surface area (Å²) in [5.41, 5.74) is 4.01. The van der Waals surface area contributed by atoms with E-state index in [-0.39, 0.29) is 11.6 Å². The van der Waals surface area contributed by atoms with Crippen LogP contribution < -0.4 is 15.4 Å². The predicted molar refractivity (Wildman–Crippen MR) is 110 cm³/mol. The quantitative estimate of drug-likeness (QED) is 0.644. The summed E-state index contributed by atoms with van der Waals surface area (Å²) in [7, 11) is 1.56. The molecule has 0 fully saturated rings. The van der Waals surface area contributed by atoms with E-state index in [4.69, 9.17) is 16.3 Å². The minimum absolute atomic E-state index is 0.270. The second kappa shape index (κ2) is 8.71. The zero-order chi connectivity index (χ0) is 20.1. The molecule has 0 aliphatic heterocycles. The van der Waals surface area contributed by atoms with Gasteiger partial charge in [-0.3, -0.25) is 4.79 Å². The molecule has 0 unspecified atom stereocenters. The highest BCUT2D eigenvalue weighted by Crippen LogP contribution is 2.32. The fourth-order valence-corrected chi connectivity index (χ4v) is 2.82. The summed E-state index contributed by atoms with van der Waals surface area (Å²) in [4.78, 5) is 21.0. The number of rotatable bonds is 6. The molecule has 28 heavy (non-hydrogen) atoms. The number of nitrogens with zero attached hydrogens (tertiary/aromatic N) is 2. The Morgan fingerprint density at radius 3 is 2.68 bits per heavy atom. The van der Waals surface area contributed by atoms with E-state index in [0.29, 0.717) is 29.0 Å². The van der Waals surface area contributed by atoms with Crippen LogP contribution >= 0.6 is 11.6 Å². The molecule has 144 valence electrons. The summed E-state index contributed by atoms with van der Waals surface area (Å²) in [5.74, 6) is 0.588. The molecule has 1 amide bonds. The first-order valence-corrected chi connectivity index (χ1v) is 9.12. The number of halogens is 1. The molecule has 0 saturated carbocycles. The molecule has 3 aromatic rings. The number of aromatic nitrogens is 2. The maximum Gasteiger partial charge on any atom is 0.270 e. The van der Waals surface area contributed by atoms with E-state index in [2.05, 4.69) is 20.6 Å². The van der Waals surface area contributed by atoms with Crippen LogP contribution in [0.4, 0.5) is 11.6 Å². The lowest BCUT2D eigenvalue weighted by Crippen LogP contribution is -2.24. The number of benzene rings is 2. The normalized spacial score (nSPS) is 10.4. The van der Waals surface area contributed by atoms with Gasteiger partial charge in [-0.05, 0) is 42.7 Å². The molecule has 0 bridgehead atoms. The topological polar surface area (TPSA) is 76.1 Å². The molecule has 2 aromatic carbocycles. The molecule has 0 aliphatic rings. The van der Waals surface area contributed by atoms with E-state index < -0.39 is 0 Å². The monoisotopic (exact) mass is 396 g/mol. The Labute approximate surface area is 168 Å². The number of nitrogens with one attached hydrogen (secondary N) is 2. The average Bonchev–Trinajstić information content (AvgIpc) is 2.70. The van der Waals surface area contributed by atoms with Crippen LogP contribution in [0.15, 0.2) is 48.7 Å². The zero-order valence-electron chi connectivity index (χ0n) is 15.9. The van der Waals surface area contributed by atoms with Gasteiger partial charge >= 0.3 is 0 Å². The van der Waals surface area contributed by atoms with Crippen molar-refractivity contribution in [3.05, 3.63) is 76.1 Å². The van der Waals surface area contributed by atoms with Gasteiger partial charge in [0.1, 0.15) is 11.4 Å². The lowest BCUT2D eigenvalue weighted by molar-refractivity contribution is 0.0946. The average molecular weight is 397 g/mol. The maximum absolute atomic E-state index is 12.5. The van der Waals surface area contributed by atoms with Crippen molar-refractivity contribution in [1.29, 1.82) is 0 Å². The molecule has 0 radical (unpaired) electrons. The number of hydrogen-bond acceptors (Lipinski definition) is 5. The first-order chi connectivity index (χ1) is 13.5. The molecular weight excluding hydrogens is 376 g/mol. The molecule has 0 spiro atoms. The molecule has 0 atom stereocenters. The fourth-order valence-electron chi connectivity index (χ4n) is 2.67. The van der Waals surface area contributed by atoms with Crippen molar-refractivity contribution in [2.45, 2.75) is 20.4 Å². The minimum atomic E-state index is -0.270. The maximum atomic E-state index is 12.5. The van der Waals surface area contributed by atoms with Gasteiger partial charge in [0.2, 0.25) is 5.95 Å². The van der Waals surface area contributed by atoms with Gasteiger partial charge in [-0.15, -0.1) is 0 Å². The lowest BCUT2D eigenvalue weighted by Gasteiger charge is -2.12. The lowest BCUT2D eigenvalue weighted by atomic mass is 10.1. The van der Waals surface area contributed by atoms with Crippen LogP contribution in [-0.2, 0) is 6.54 Å². The van der Waals surface area contributed by atoms with Crippen molar-refractivity contribution < 1.29 is 9.53 Å². The first kappa shape index (κ1) is 19.6. The van der Waals surface area contributed by atoms with Crippen LogP contribution in [-0.4, -0.2) is 23.0 Å². The van der Waals surface area contributed by atoms with Crippen LogP contribution in [0.2, 0.25) is 5.02 Å². The highest BCUT2D eigenvalue weighted by Gasteiger charge is 2.12. The van der Waals surface area contributed by atoms with Crippen molar-refractivity contribution in [2.75, 3.05) is 12.4 Å². The number of ether oxygens (including phenoxy) is 1. The van der Waals surface area contributed by atoms with Crippen LogP contribution in [0, 0.1) is 13.8 Å². The first-order valence-electron chi connectivity index (χ1n) is 8.75. The third kappa shape index (κ3) is 4.58. The van der Waals surface area contributed by atoms with Crippen molar-refractivity contribution in [1.82, 2.24) is 15.3 Å². The number of amides is 1. The summed E-state index contributed by atoms with van der Waals surface area (Å²) in [5, 5.41) is 6.58. The third-order valence-electron chi connectivity index (χ3n) is 4.32. The van der Waals surface area contributed by atoms with E-state index in [0.717, 1.165) is 16.7 Å². The van der Waals surface area contributed by atoms with Crippen molar-refractivity contribution in [3.63, 3.8) is 0 Å². The number of aryl methyl sites for hydroxylation is 2. The van der Waals surface area contributed by atoms with Crippen molar-refractivity contribution in [2.24, 2.45) is 0 Å². The van der Waals surface area contributed by atoms with Gasteiger partial charge in [-0.1, -0.05) is 35.9 Å². The minimum Gasteiger partial charge on any atom is -0.495 e. The number of carbonyl (C=O) groups is 1. The van der Waals surface area contributed by atoms with Gasteiger partial charge in [0.25, 0.3) is 5.91 Å². The molecule has 1 aromatic heterocycles. The largest absolute Gasteiger partial charge is 0.495 e. The molecule has 0 saturated heterocycles. The molecule has 6 nitrogen and oxygen atoms in total. The van der Waals surface area contributed by atoms with Crippen LogP contribution in [0.1, 0.15) is 27.2 Å². The van der Waals surface area contributed by atoms with E-state index in [1.807, 2.05) is 44.2 Å². The molecule has 2 N–H and O–H groups in total. The molecule has 0 aliphatic carbocycles. The Morgan fingerprint density at radius 2 is 1.93 bits per heavy atom. The van der Waals surface area contributed by atoms with E-state index in [1.54, 1.807) is 19.2 Å². The van der Waals surface area contributed by atoms with Crippen molar-refractivity contribution >= 4 is 29.1 Å². The fraction of sp³-hybridized carbons (Fsp3) is 0.190. The third-order valence-corrected chi connectivity index (χ3v) is 4.72. The summed E-state index contributed by atoms with van der Waals surface area (Å²) in [6, 6.07) is 13.0. The number of methoxy groups -OCH3 is 1. The standard InChI is InChI=1S/C21H21ClN4O2/c1-13-6-4-5-7-15(13)12-24-20(27)17-8-9-23-21(25-17)26-18-10-14(2)16(22)11-19(18)28-3/h4-11H,12H2,1-3H3,(H,24,27)(H,23,25,26). The Hall–Kier alpha value is -3.12. The van der Waals surface area contributed by atoms with Crippen LogP contribution in [0.3, 0.4) is 0 Å². The Morgan fingerprint density at radius 1 is 1.14 bits per heavy atom. The second-order valence-electron chi connectivity index (χ2n) is 6.30. The van der Waals surface area contributed by atoms with Gasteiger partial charge in [0, 0.05) is 23.8 Å². The van der Waals surface area contributed by atoms with Crippen LogP contribution in [0.25, 0.3) is 0 Å². The van der Waals surface area contributed by atoms with E-state index >= 15 is 0 Å². The smallest absolute Gasteiger partial charge is 0.270 e. The van der Waals surface area contributed by atoms with Gasteiger partial charge < -0.3 is 15.4 Å². The highest BCUT2D eigenvalue weighted by atomic mass is 35.5. The zero-order valence-corrected chi connectivity index (χ0v) is 16.7. The Balaban J connectivity index is 1.74. The predicted octanol–water partition coefficient (Wildman–Crippen LogP) is 4.43. The molecule has 3 rings (SSSR count). The Bertz CT molecular complexity index is 1010. The van der Waals surface area contributed by atoms with Gasteiger partial charge in [0.15, 0.2) is 0 Å². The van der Waals surface area contributed by atoms with Crippen molar-refractivity contribution in [3.8, 4) is 5.75 Å². The van der Waals surface area contributed by atoms with Gasteiger partial charge in [-0.25, -0.2) is 9.97 Å². The van der Waals surface area contributed by atoms with Crippen LogP contribution in [0.5, 0.6) is 5.75 Å². The Kier molecular flexibility index (Phi) is 6.11. The SMILES string of the molecule is COc1cc(Cl)c(C)cc1Nc1nccc(C(=O)NCc2ccccc2C)n1. The van der Waals surface area contributed by atoms with Gasteiger partial charge in [0.05, 0.1) is 12.8 Å². The summed E-state index contributed by atoms with van der Waals surface area (Å²) < 4.78 is 5.35. The molecule has 1 heterocycles. The van der Waals surface area contributed by atoms with E-state index in [1.165, 1.54) is 6.20 Å². The van der Waals surface area contributed by atoms with E-state index in [9.17, 15) is 4.79 Å². The number of carbonyl (C=O) groups excluding carboxylic acids is 1. The number of hydrogen-bond donors (Lipinski definition) is 2. The molecular formula is C21H21ClN4O2. The second-order valence-corrected chi connectivity index (χ2v) is 6.71. The summed E-state index contributed by atoms with van der Waals surface area (Å²) >= 11 is 6.14. The molecule has 7 heteroatoms. The van der Waals surface area contributed by atoms with Gasteiger partial charge in [-0.2, -0.15) is 0 Å². The number of anilines is 2. The summed E-state index contributed by atoms with van der Waals surface area (Å²) in [6.45, 7) is 4.33.